The van der Waals surface area contributed by atoms with Gasteiger partial charge < -0.3 is 20.4 Å². The average molecular weight is 481 g/mol. The summed E-state index contributed by atoms with van der Waals surface area (Å²) < 4.78 is 26.4. The van der Waals surface area contributed by atoms with Gasteiger partial charge in [-0.3, -0.25) is 0 Å². The van der Waals surface area contributed by atoms with Gasteiger partial charge in [0.25, 0.3) is 0 Å². The summed E-state index contributed by atoms with van der Waals surface area (Å²) in [5, 5.41) is 35.9. The molecular weight excluding hydrogens is 438 g/mol. The van der Waals surface area contributed by atoms with Crippen LogP contribution in [0.5, 0.6) is 0 Å². The summed E-state index contributed by atoms with van der Waals surface area (Å²) in [5.74, 6) is -0.121. The quantitative estimate of drug-likeness (QED) is 0.290. The molecule has 0 aliphatic heterocycles. The van der Waals surface area contributed by atoms with E-state index in [2.05, 4.69) is 0 Å². The molecule has 0 amide bonds. The van der Waals surface area contributed by atoms with Crippen molar-refractivity contribution >= 4 is 0 Å². The number of unbranched alkanes of at least 4 members (excludes halogenated alkanes) is 2. The van der Waals surface area contributed by atoms with Crippen molar-refractivity contribution in [2.24, 2.45) is 11.8 Å². The molecule has 2 aromatic rings. The van der Waals surface area contributed by atoms with Gasteiger partial charge in [-0.2, -0.15) is 0 Å². The molecule has 0 saturated carbocycles. The highest BCUT2D eigenvalue weighted by Gasteiger charge is 2.10. The van der Waals surface area contributed by atoms with Crippen molar-refractivity contribution in [3.63, 3.8) is 0 Å². The first-order chi connectivity index (χ1) is 16.3. The highest BCUT2D eigenvalue weighted by molar-refractivity contribution is 5.24. The fraction of sp³-hybridized carbons (Fsp3) is 0.571. The predicted octanol–water partition coefficient (Wildman–Crippen LogP) is 4.90. The van der Waals surface area contributed by atoms with Gasteiger partial charge >= 0.3 is 0 Å². The van der Waals surface area contributed by atoms with Crippen LogP contribution < -0.4 is 0 Å². The molecule has 0 unspecified atom stereocenters. The summed E-state index contributed by atoms with van der Waals surface area (Å²) in [5.41, 5.74) is 3.69. The molecule has 0 aromatic heterocycles. The summed E-state index contributed by atoms with van der Waals surface area (Å²) in [4.78, 5) is 0. The molecular formula is C28H42F2O4. The smallest absolute Gasteiger partial charge is 0.123 e. The van der Waals surface area contributed by atoms with E-state index in [1.807, 2.05) is 26.0 Å². The Hall–Kier alpha value is -1.86. The van der Waals surface area contributed by atoms with Crippen LogP contribution >= 0.6 is 0 Å². The van der Waals surface area contributed by atoms with Crippen LogP contribution in [0.4, 0.5) is 8.78 Å². The number of rotatable bonds is 14. The number of hydrogen-bond acceptors (Lipinski definition) is 4. The Morgan fingerprint density at radius 3 is 1.26 bits per heavy atom. The Morgan fingerprint density at radius 2 is 0.971 bits per heavy atom. The van der Waals surface area contributed by atoms with Gasteiger partial charge in [0, 0.05) is 26.4 Å². The molecule has 2 aromatic carbocycles. The molecule has 0 fully saturated rings. The van der Waals surface area contributed by atoms with E-state index in [9.17, 15) is 19.0 Å². The molecule has 6 heteroatoms. The van der Waals surface area contributed by atoms with Crippen LogP contribution in [0.2, 0.25) is 0 Å². The molecule has 0 bridgehead atoms. The van der Waals surface area contributed by atoms with Crippen LogP contribution in [0.3, 0.4) is 0 Å². The van der Waals surface area contributed by atoms with Crippen LogP contribution in [0.1, 0.15) is 60.8 Å². The fourth-order valence-corrected chi connectivity index (χ4v) is 4.13. The van der Waals surface area contributed by atoms with Gasteiger partial charge in [0.05, 0.1) is 0 Å². The first-order valence-corrected chi connectivity index (χ1v) is 12.3. The zero-order valence-electron chi connectivity index (χ0n) is 20.6. The largest absolute Gasteiger partial charge is 0.396 e. The molecule has 0 radical (unpaired) electrons. The van der Waals surface area contributed by atoms with Crippen molar-refractivity contribution in [3.8, 4) is 0 Å². The van der Waals surface area contributed by atoms with Gasteiger partial charge in [-0.1, -0.05) is 25.0 Å². The molecule has 192 valence electrons. The molecule has 2 atom stereocenters. The zero-order chi connectivity index (χ0) is 25.3. The molecule has 4 nitrogen and oxygen atoms in total. The predicted molar refractivity (Wildman–Crippen MR) is 133 cm³/mol. The molecule has 0 saturated heterocycles. The van der Waals surface area contributed by atoms with E-state index in [1.165, 1.54) is 24.3 Å². The third kappa shape index (κ3) is 13.1. The summed E-state index contributed by atoms with van der Waals surface area (Å²) >= 11 is 0. The molecule has 0 aliphatic rings. The van der Waals surface area contributed by atoms with Crippen molar-refractivity contribution < 1.29 is 29.2 Å². The minimum Gasteiger partial charge on any atom is -0.396 e. The second-order valence-electron chi connectivity index (χ2n) is 9.22. The third-order valence-corrected chi connectivity index (χ3v) is 5.81. The highest BCUT2D eigenvalue weighted by atomic mass is 19.1. The Balaban J connectivity index is 0.000000340. The topological polar surface area (TPSA) is 80.9 Å². The van der Waals surface area contributed by atoms with Gasteiger partial charge in [-0.25, -0.2) is 8.78 Å². The lowest BCUT2D eigenvalue weighted by molar-refractivity contribution is 0.209. The maximum absolute atomic E-state index is 13.2. The number of aryl methyl sites for hydroxylation is 2. The normalized spacial score (nSPS) is 12.7. The van der Waals surface area contributed by atoms with Crippen molar-refractivity contribution in [3.05, 3.63) is 70.3 Å². The zero-order valence-corrected chi connectivity index (χ0v) is 20.6. The first-order valence-electron chi connectivity index (χ1n) is 12.3. The van der Waals surface area contributed by atoms with E-state index in [0.717, 1.165) is 60.8 Å². The van der Waals surface area contributed by atoms with Gasteiger partial charge in [-0.15, -0.1) is 0 Å². The number of halogens is 2. The maximum Gasteiger partial charge on any atom is 0.123 e. The van der Waals surface area contributed by atoms with Crippen LogP contribution in [-0.2, 0) is 12.8 Å². The number of aliphatic hydroxyl groups excluding tert-OH is 4. The van der Waals surface area contributed by atoms with E-state index in [1.54, 1.807) is 0 Å². The van der Waals surface area contributed by atoms with E-state index >= 15 is 0 Å². The molecule has 0 heterocycles. The fourth-order valence-electron chi connectivity index (χ4n) is 4.13. The molecule has 4 N–H and O–H groups in total. The highest BCUT2D eigenvalue weighted by Crippen LogP contribution is 2.18. The molecule has 2 rings (SSSR count). The lowest BCUT2D eigenvalue weighted by Gasteiger charge is -2.14. The SMILES string of the molecule is Cc1cc(F)cc(C[C@@H](CO)CCCCO)c1.Cc1cc(F)cc(C[C@H](CO)CCCCO)c1. The standard InChI is InChI=1S/2C14H21FO2/c2*1-11-6-13(9-14(15)7-11)8-12(10-17)4-2-3-5-16/h2*6-7,9,12,16-17H,2-5,8,10H2,1H3/t2*12-/m10/s1. The Morgan fingerprint density at radius 1 is 0.588 bits per heavy atom. The van der Waals surface area contributed by atoms with Crippen LogP contribution in [0.15, 0.2) is 36.4 Å². The minimum absolute atomic E-state index is 0.112. The summed E-state index contributed by atoms with van der Waals surface area (Å²) in [6.45, 7) is 4.34. The first kappa shape index (κ1) is 30.2. The van der Waals surface area contributed by atoms with E-state index in [-0.39, 0.29) is 49.9 Å². The lowest BCUT2D eigenvalue weighted by atomic mass is 9.94. The second-order valence-corrected chi connectivity index (χ2v) is 9.22. The van der Waals surface area contributed by atoms with Gasteiger partial charge in [0.1, 0.15) is 11.6 Å². The van der Waals surface area contributed by atoms with Crippen molar-refractivity contribution in [2.75, 3.05) is 26.4 Å². The van der Waals surface area contributed by atoms with Crippen LogP contribution in [0.25, 0.3) is 0 Å². The number of aliphatic hydroxyl groups is 4. The van der Waals surface area contributed by atoms with Crippen molar-refractivity contribution in [1.82, 2.24) is 0 Å². The Kier molecular flexibility index (Phi) is 15.6. The van der Waals surface area contributed by atoms with Crippen LogP contribution in [0, 0.1) is 37.3 Å². The van der Waals surface area contributed by atoms with E-state index in [4.69, 9.17) is 10.2 Å². The lowest BCUT2D eigenvalue weighted by Crippen LogP contribution is -2.10. The summed E-state index contributed by atoms with van der Waals surface area (Å²) in [6.07, 6.45) is 6.45. The Labute approximate surface area is 203 Å². The molecule has 34 heavy (non-hydrogen) atoms. The minimum atomic E-state index is -0.216. The van der Waals surface area contributed by atoms with E-state index in [0.29, 0.717) is 12.8 Å². The maximum atomic E-state index is 13.2. The van der Waals surface area contributed by atoms with Gasteiger partial charge in [-0.05, 0) is 111 Å². The van der Waals surface area contributed by atoms with Gasteiger partial charge in [0.15, 0.2) is 0 Å². The third-order valence-electron chi connectivity index (χ3n) is 5.81. The molecule has 0 spiro atoms. The van der Waals surface area contributed by atoms with Crippen molar-refractivity contribution in [2.45, 2.75) is 65.2 Å². The van der Waals surface area contributed by atoms with E-state index < -0.39 is 0 Å². The molecule has 0 aliphatic carbocycles. The average Bonchev–Trinajstić information content (AvgIpc) is 2.77. The summed E-state index contributed by atoms with van der Waals surface area (Å²) in [6, 6.07) is 9.98. The number of benzene rings is 2. The second kappa shape index (κ2) is 17.6. The Bertz CT molecular complexity index is 705. The summed E-state index contributed by atoms with van der Waals surface area (Å²) in [7, 11) is 0. The van der Waals surface area contributed by atoms with Crippen molar-refractivity contribution in [1.29, 1.82) is 0 Å². The van der Waals surface area contributed by atoms with Crippen LogP contribution in [-0.4, -0.2) is 46.9 Å². The monoisotopic (exact) mass is 480 g/mol. The van der Waals surface area contributed by atoms with Gasteiger partial charge in [0.2, 0.25) is 0 Å². The number of hydrogen-bond donors (Lipinski definition) is 4.